The molecule has 0 saturated heterocycles. The first-order valence-corrected chi connectivity index (χ1v) is 8.69. The standard InChI is InChI=1S/C24H17NO/c1-26-18-12-10-16(11-13-18)14-21-19-7-3-4-8-20(19)24-22(21)15-17-6-2-5-9-23(17)25-24/h2-15H,1H3/b21-14-. The van der Waals surface area contributed by atoms with Gasteiger partial charge in [-0.2, -0.15) is 0 Å². The third kappa shape index (κ3) is 2.31. The van der Waals surface area contributed by atoms with E-state index < -0.39 is 0 Å². The maximum Gasteiger partial charge on any atom is 0.118 e. The molecule has 26 heavy (non-hydrogen) atoms. The van der Waals surface area contributed by atoms with Gasteiger partial charge in [-0.05, 0) is 47.0 Å². The summed E-state index contributed by atoms with van der Waals surface area (Å²) < 4.78 is 5.27. The fourth-order valence-electron chi connectivity index (χ4n) is 3.62. The van der Waals surface area contributed by atoms with E-state index in [1.54, 1.807) is 7.11 Å². The first-order chi connectivity index (χ1) is 12.8. The molecule has 0 radical (unpaired) electrons. The van der Waals surface area contributed by atoms with Crippen LogP contribution >= 0.6 is 0 Å². The molecule has 124 valence electrons. The minimum atomic E-state index is 0.868. The van der Waals surface area contributed by atoms with Gasteiger partial charge in [-0.15, -0.1) is 0 Å². The number of methoxy groups -OCH3 is 1. The van der Waals surface area contributed by atoms with Gasteiger partial charge in [0.2, 0.25) is 0 Å². The lowest BCUT2D eigenvalue weighted by Gasteiger charge is -2.05. The topological polar surface area (TPSA) is 22.1 Å². The van der Waals surface area contributed by atoms with Gasteiger partial charge in [0.1, 0.15) is 5.75 Å². The largest absolute Gasteiger partial charge is 0.497 e. The molecule has 5 rings (SSSR count). The second kappa shape index (κ2) is 5.85. The number of fused-ring (bicyclic) bond motifs is 4. The summed E-state index contributed by atoms with van der Waals surface area (Å²) in [4.78, 5) is 4.96. The lowest BCUT2D eigenvalue weighted by molar-refractivity contribution is 0.415. The van der Waals surface area contributed by atoms with Crippen molar-refractivity contribution in [2.24, 2.45) is 0 Å². The zero-order valence-electron chi connectivity index (χ0n) is 14.4. The van der Waals surface area contributed by atoms with Gasteiger partial charge >= 0.3 is 0 Å². The van der Waals surface area contributed by atoms with E-state index in [0.29, 0.717) is 0 Å². The highest BCUT2D eigenvalue weighted by atomic mass is 16.5. The molecule has 0 spiro atoms. The predicted molar refractivity (Wildman–Crippen MR) is 107 cm³/mol. The van der Waals surface area contributed by atoms with E-state index in [2.05, 4.69) is 66.7 Å². The maximum absolute atomic E-state index is 5.27. The minimum Gasteiger partial charge on any atom is -0.497 e. The second-order valence-electron chi connectivity index (χ2n) is 6.45. The molecule has 0 aliphatic heterocycles. The van der Waals surface area contributed by atoms with E-state index in [0.717, 1.165) is 22.5 Å². The van der Waals surface area contributed by atoms with Crippen LogP contribution in [0.15, 0.2) is 78.9 Å². The molecule has 2 heteroatoms. The Labute approximate surface area is 152 Å². The lowest BCUT2D eigenvalue weighted by Crippen LogP contribution is -1.87. The molecule has 0 saturated carbocycles. The Hall–Kier alpha value is -3.39. The van der Waals surface area contributed by atoms with Gasteiger partial charge in [-0.1, -0.05) is 54.6 Å². The molecule has 1 aromatic heterocycles. The predicted octanol–water partition coefficient (Wildman–Crippen LogP) is 5.81. The fraction of sp³-hybridized carbons (Fsp3) is 0.0417. The summed E-state index contributed by atoms with van der Waals surface area (Å²) in [5.41, 5.74) is 8.11. The van der Waals surface area contributed by atoms with Crippen LogP contribution in [0.5, 0.6) is 5.75 Å². The van der Waals surface area contributed by atoms with E-state index in [9.17, 15) is 0 Å². The van der Waals surface area contributed by atoms with Gasteiger partial charge in [0.25, 0.3) is 0 Å². The number of pyridine rings is 1. The number of para-hydroxylation sites is 1. The van der Waals surface area contributed by atoms with Crippen molar-refractivity contribution in [3.8, 4) is 17.0 Å². The van der Waals surface area contributed by atoms with Gasteiger partial charge in [-0.3, -0.25) is 0 Å². The molecule has 0 atom stereocenters. The molecule has 1 heterocycles. The highest BCUT2D eigenvalue weighted by molar-refractivity contribution is 6.07. The average Bonchev–Trinajstić information content (AvgIpc) is 3.00. The van der Waals surface area contributed by atoms with Crippen LogP contribution < -0.4 is 4.74 Å². The van der Waals surface area contributed by atoms with Crippen LogP contribution in [0.4, 0.5) is 0 Å². The van der Waals surface area contributed by atoms with E-state index in [1.807, 2.05) is 18.2 Å². The number of rotatable bonds is 2. The summed E-state index contributed by atoms with van der Waals surface area (Å²) in [5.74, 6) is 0.868. The molecular formula is C24H17NO. The molecule has 0 fully saturated rings. The summed E-state index contributed by atoms with van der Waals surface area (Å²) in [5, 5.41) is 1.17. The first-order valence-electron chi connectivity index (χ1n) is 8.69. The van der Waals surface area contributed by atoms with Crippen molar-refractivity contribution in [1.29, 1.82) is 0 Å². The van der Waals surface area contributed by atoms with Crippen LogP contribution in [0.1, 0.15) is 16.7 Å². The van der Waals surface area contributed by atoms with Gasteiger partial charge in [0.15, 0.2) is 0 Å². The maximum atomic E-state index is 5.27. The van der Waals surface area contributed by atoms with Crippen molar-refractivity contribution in [1.82, 2.24) is 4.98 Å². The van der Waals surface area contributed by atoms with Gasteiger partial charge < -0.3 is 4.74 Å². The Morgan fingerprint density at radius 2 is 1.50 bits per heavy atom. The number of hydrogen-bond acceptors (Lipinski definition) is 2. The number of hydrogen-bond donors (Lipinski definition) is 0. The van der Waals surface area contributed by atoms with Crippen LogP contribution in [-0.4, -0.2) is 12.1 Å². The molecule has 1 aliphatic carbocycles. The average molecular weight is 335 g/mol. The molecule has 0 amide bonds. The van der Waals surface area contributed by atoms with Crippen molar-refractivity contribution in [2.45, 2.75) is 0 Å². The van der Waals surface area contributed by atoms with E-state index in [4.69, 9.17) is 9.72 Å². The van der Waals surface area contributed by atoms with Crippen LogP contribution in [0.2, 0.25) is 0 Å². The summed E-state index contributed by atoms with van der Waals surface area (Å²) in [6.45, 7) is 0. The third-order valence-electron chi connectivity index (χ3n) is 4.91. The lowest BCUT2D eigenvalue weighted by atomic mass is 10.0. The van der Waals surface area contributed by atoms with Crippen molar-refractivity contribution in [2.75, 3.05) is 7.11 Å². The first kappa shape index (κ1) is 14.9. The molecule has 1 aliphatic rings. The summed E-state index contributed by atoms with van der Waals surface area (Å²) >= 11 is 0. The van der Waals surface area contributed by atoms with Crippen LogP contribution in [-0.2, 0) is 0 Å². The second-order valence-corrected chi connectivity index (χ2v) is 6.45. The number of ether oxygens (including phenoxy) is 1. The minimum absolute atomic E-state index is 0.868. The van der Waals surface area contributed by atoms with E-state index >= 15 is 0 Å². The number of nitrogens with zero attached hydrogens (tertiary/aromatic N) is 1. The Morgan fingerprint density at radius 3 is 2.31 bits per heavy atom. The van der Waals surface area contributed by atoms with E-state index in [1.165, 1.54) is 27.6 Å². The van der Waals surface area contributed by atoms with Gasteiger partial charge in [0.05, 0.1) is 18.3 Å². The normalized spacial score (nSPS) is 13.7. The van der Waals surface area contributed by atoms with E-state index in [-0.39, 0.29) is 0 Å². The fourth-order valence-corrected chi connectivity index (χ4v) is 3.62. The summed E-state index contributed by atoms with van der Waals surface area (Å²) in [6.07, 6.45) is 2.24. The SMILES string of the molecule is COc1ccc(/C=C2/c3ccccc3-c3nc4ccccc4cc32)cc1. The Balaban J connectivity index is 1.75. The summed E-state index contributed by atoms with van der Waals surface area (Å²) in [7, 11) is 1.69. The Morgan fingerprint density at radius 1 is 0.769 bits per heavy atom. The monoisotopic (exact) mass is 335 g/mol. The molecule has 2 nitrogen and oxygen atoms in total. The molecular weight excluding hydrogens is 318 g/mol. The van der Waals surface area contributed by atoms with Crippen molar-refractivity contribution in [3.05, 3.63) is 95.6 Å². The zero-order chi connectivity index (χ0) is 17.5. The van der Waals surface area contributed by atoms with Crippen molar-refractivity contribution in [3.63, 3.8) is 0 Å². The third-order valence-corrected chi connectivity index (χ3v) is 4.91. The molecule has 4 aromatic rings. The quantitative estimate of drug-likeness (QED) is 0.406. The smallest absolute Gasteiger partial charge is 0.118 e. The summed E-state index contributed by atoms with van der Waals surface area (Å²) in [6, 6.07) is 27.2. The Bertz CT molecular complexity index is 1160. The highest BCUT2D eigenvalue weighted by Gasteiger charge is 2.24. The van der Waals surface area contributed by atoms with Gasteiger partial charge in [-0.25, -0.2) is 4.98 Å². The molecule has 0 unspecified atom stereocenters. The van der Waals surface area contributed by atoms with Crippen LogP contribution in [0.25, 0.3) is 33.8 Å². The van der Waals surface area contributed by atoms with Crippen molar-refractivity contribution >= 4 is 22.6 Å². The highest BCUT2D eigenvalue weighted by Crippen LogP contribution is 2.44. The van der Waals surface area contributed by atoms with Crippen LogP contribution in [0, 0.1) is 0 Å². The zero-order valence-corrected chi connectivity index (χ0v) is 14.4. The Kier molecular flexibility index (Phi) is 3.36. The van der Waals surface area contributed by atoms with Crippen molar-refractivity contribution < 1.29 is 4.74 Å². The molecule has 0 N–H and O–H groups in total. The van der Waals surface area contributed by atoms with Gasteiger partial charge in [0, 0.05) is 16.5 Å². The molecule has 3 aromatic carbocycles. The number of benzene rings is 3. The molecule has 0 bridgehead atoms. The van der Waals surface area contributed by atoms with Crippen LogP contribution in [0.3, 0.4) is 0 Å². The number of aromatic nitrogens is 1.